The lowest BCUT2D eigenvalue weighted by atomic mass is 9.85. The van der Waals surface area contributed by atoms with Gasteiger partial charge in [0.15, 0.2) is 0 Å². The minimum absolute atomic E-state index is 0.269. The monoisotopic (exact) mass is 248 g/mol. The highest BCUT2D eigenvalue weighted by atomic mass is 16.4. The van der Waals surface area contributed by atoms with Gasteiger partial charge in [0.25, 0.3) is 0 Å². The standard InChI is InChI=1S/C14H20N2O2/c1-4-8(2)13-15-9(3)11-7-10(14(17)18)5-6-12(11)16-13/h8,10H,4-7H2,1-3H3,(H,17,18). The lowest BCUT2D eigenvalue weighted by molar-refractivity contribution is -0.142. The van der Waals surface area contributed by atoms with E-state index in [1.54, 1.807) is 0 Å². The molecule has 18 heavy (non-hydrogen) atoms. The number of aliphatic carboxylic acids is 1. The molecule has 0 saturated heterocycles. The van der Waals surface area contributed by atoms with Crippen LogP contribution in [0.1, 0.15) is 55.4 Å². The van der Waals surface area contributed by atoms with Crippen molar-refractivity contribution >= 4 is 5.97 Å². The third-order valence-electron chi connectivity index (χ3n) is 3.90. The molecule has 2 unspecified atom stereocenters. The zero-order chi connectivity index (χ0) is 13.3. The topological polar surface area (TPSA) is 63.1 Å². The molecule has 2 rings (SSSR count). The molecule has 1 aliphatic rings. The van der Waals surface area contributed by atoms with Gasteiger partial charge < -0.3 is 5.11 Å². The summed E-state index contributed by atoms with van der Waals surface area (Å²) < 4.78 is 0. The smallest absolute Gasteiger partial charge is 0.306 e. The predicted molar refractivity (Wildman–Crippen MR) is 68.6 cm³/mol. The molecule has 4 heteroatoms. The Balaban J connectivity index is 2.34. The maximum absolute atomic E-state index is 11.1. The third-order valence-corrected chi connectivity index (χ3v) is 3.90. The Hall–Kier alpha value is -1.45. The fraction of sp³-hybridized carbons (Fsp3) is 0.643. The summed E-state index contributed by atoms with van der Waals surface area (Å²) in [4.78, 5) is 20.2. The van der Waals surface area contributed by atoms with Crippen LogP contribution in [0.3, 0.4) is 0 Å². The van der Waals surface area contributed by atoms with Crippen LogP contribution in [0.25, 0.3) is 0 Å². The van der Waals surface area contributed by atoms with Gasteiger partial charge in [-0.3, -0.25) is 4.79 Å². The largest absolute Gasteiger partial charge is 0.481 e. The highest BCUT2D eigenvalue weighted by Gasteiger charge is 2.27. The molecule has 0 fully saturated rings. The molecule has 2 atom stereocenters. The van der Waals surface area contributed by atoms with Crippen molar-refractivity contribution in [3.05, 3.63) is 22.8 Å². The van der Waals surface area contributed by atoms with Crippen LogP contribution < -0.4 is 0 Å². The van der Waals surface area contributed by atoms with Gasteiger partial charge in [0.2, 0.25) is 0 Å². The van der Waals surface area contributed by atoms with Gasteiger partial charge >= 0.3 is 5.97 Å². The highest BCUT2D eigenvalue weighted by Crippen LogP contribution is 2.28. The quantitative estimate of drug-likeness (QED) is 0.892. The summed E-state index contributed by atoms with van der Waals surface area (Å²) >= 11 is 0. The van der Waals surface area contributed by atoms with Crippen molar-refractivity contribution in [3.8, 4) is 0 Å². The van der Waals surface area contributed by atoms with Crippen LogP contribution in [0.4, 0.5) is 0 Å². The van der Waals surface area contributed by atoms with Crippen LogP contribution in [0.15, 0.2) is 0 Å². The van der Waals surface area contributed by atoms with Gasteiger partial charge in [-0.15, -0.1) is 0 Å². The SMILES string of the molecule is CCC(C)c1nc(C)c2c(n1)CCC(C(=O)O)C2. The predicted octanol–water partition coefficient (Wildman–Crippen LogP) is 2.49. The summed E-state index contributed by atoms with van der Waals surface area (Å²) in [6, 6.07) is 0. The molecule has 1 aromatic rings. The van der Waals surface area contributed by atoms with E-state index in [1.807, 2.05) is 6.92 Å². The first-order chi connectivity index (χ1) is 8.52. The van der Waals surface area contributed by atoms with E-state index in [9.17, 15) is 4.79 Å². The van der Waals surface area contributed by atoms with E-state index in [0.717, 1.165) is 35.6 Å². The second-order valence-electron chi connectivity index (χ2n) is 5.18. The van der Waals surface area contributed by atoms with Gasteiger partial charge in [-0.25, -0.2) is 9.97 Å². The Morgan fingerprint density at radius 3 is 2.83 bits per heavy atom. The van der Waals surface area contributed by atoms with Crippen molar-refractivity contribution in [3.63, 3.8) is 0 Å². The number of fused-ring (bicyclic) bond motifs is 1. The van der Waals surface area contributed by atoms with E-state index in [2.05, 4.69) is 23.8 Å². The summed E-state index contributed by atoms with van der Waals surface area (Å²) in [7, 11) is 0. The molecule has 0 bridgehead atoms. The first-order valence-electron chi connectivity index (χ1n) is 6.62. The lowest BCUT2D eigenvalue weighted by Crippen LogP contribution is -2.25. The second kappa shape index (κ2) is 5.04. The van der Waals surface area contributed by atoms with Crippen LogP contribution in [0.2, 0.25) is 0 Å². The lowest BCUT2D eigenvalue weighted by Gasteiger charge is -2.23. The maximum Gasteiger partial charge on any atom is 0.306 e. The molecular weight excluding hydrogens is 228 g/mol. The zero-order valence-electron chi connectivity index (χ0n) is 11.2. The van der Waals surface area contributed by atoms with Gasteiger partial charge in [0.05, 0.1) is 5.92 Å². The molecule has 0 spiro atoms. The van der Waals surface area contributed by atoms with E-state index in [0.29, 0.717) is 18.8 Å². The Morgan fingerprint density at radius 2 is 2.22 bits per heavy atom. The molecule has 4 nitrogen and oxygen atoms in total. The molecule has 0 radical (unpaired) electrons. The van der Waals surface area contributed by atoms with E-state index in [4.69, 9.17) is 5.11 Å². The van der Waals surface area contributed by atoms with E-state index < -0.39 is 5.97 Å². The van der Waals surface area contributed by atoms with Gasteiger partial charge in [-0.1, -0.05) is 13.8 Å². The number of aromatic nitrogens is 2. The van der Waals surface area contributed by atoms with Gasteiger partial charge in [0.1, 0.15) is 5.82 Å². The number of carboxylic acid groups (broad SMARTS) is 1. The number of hydrogen-bond acceptors (Lipinski definition) is 3. The van der Waals surface area contributed by atoms with Gasteiger partial charge in [-0.2, -0.15) is 0 Å². The summed E-state index contributed by atoms with van der Waals surface area (Å²) in [5.74, 6) is 0.300. The van der Waals surface area contributed by atoms with Crippen LogP contribution >= 0.6 is 0 Å². The van der Waals surface area contributed by atoms with Crippen LogP contribution in [0.5, 0.6) is 0 Å². The molecule has 1 N–H and O–H groups in total. The zero-order valence-corrected chi connectivity index (χ0v) is 11.2. The Labute approximate surface area is 107 Å². The van der Waals surface area contributed by atoms with Crippen molar-refractivity contribution < 1.29 is 9.90 Å². The second-order valence-corrected chi connectivity index (χ2v) is 5.18. The van der Waals surface area contributed by atoms with Crippen molar-refractivity contribution in [2.75, 3.05) is 0 Å². The molecule has 0 aliphatic heterocycles. The van der Waals surface area contributed by atoms with Crippen molar-refractivity contribution in [1.82, 2.24) is 9.97 Å². The van der Waals surface area contributed by atoms with Crippen molar-refractivity contribution in [2.45, 2.75) is 52.4 Å². The fourth-order valence-electron chi connectivity index (χ4n) is 2.42. The normalized spacial score (nSPS) is 20.3. The first kappa shape index (κ1) is 13.0. The minimum Gasteiger partial charge on any atom is -0.481 e. The molecule has 0 aromatic carbocycles. The van der Waals surface area contributed by atoms with E-state index in [1.165, 1.54) is 0 Å². The fourth-order valence-corrected chi connectivity index (χ4v) is 2.42. The van der Waals surface area contributed by atoms with E-state index in [-0.39, 0.29) is 5.92 Å². The molecule has 1 heterocycles. The number of aryl methyl sites for hydroxylation is 2. The summed E-state index contributed by atoms with van der Waals surface area (Å²) in [5, 5.41) is 9.09. The van der Waals surface area contributed by atoms with Crippen molar-refractivity contribution in [1.29, 1.82) is 0 Å². The average Bonchev–Trinajstić information content (AvgIpc) is 2.37. The van der Waals surface area contributed by atoms with Crippen molar-refractivity contribution in [2.24, 2.45) is 5.92 Å². The van der Waals surface area contributed by atoms with Gasteiger partial charge in [0, 0.05) is 17.3 Å². The number of rotatable bonds is 3. The Kier molecular flexibility index (Phi) is 3.64. The van der Waals surface area contributed by atoms with Gasteiger partial charge in [-0.05, 0) is 38.2 Å². The summed E-state index contributed by atoms with van der Waals surface area (Å²) in [6.45, 7) is 6.23. The van der Waals surface area contributed by atoms with Crippen LogP contribution in [-0.2, 0) is 17.6 Å². The third kappa shape index (κ3) is 2.37. The molecule has 0 amide bonds. The Morgan fingerprint density at radius 1 is 1.50 bits per heavy atom. The minimum atomic E-state index is -0.703. The molecule has 1 aliphatic carbocycles. The van der Waals surface area contributed by atoms with Crippen LogP contribution in [-0.4, -0.2) is 21.0 Å². The number of carbonyl (C=O) groups is 1. The molecule has 98 valence electrons. The first-order valence-corrected chi connectivity index (χ1v) is 6.62. The van der Waals surface area contributed by atoms with E-state index >= 15 is 0 Å². The molecular formula is C14H20N2O2. The summed E-state index contributed by atoms with van der Waals surface area (Å²) in [6.07, 6.45) is 3.06. The average molecular weight is 248 g/mol. The Bertz CT molecular complexity index is 471. The maximum atomic E-state index is 11.1. The highest BCUT2D eigenvalue weighted by molar-refractivity contribution is 5.71. The summed E-state index contributed by atoms with van der Waals surface area (Å²) in [5.41, 5.74) is 3.08. The van der Waals surface area contributed by atoms with Crippen LogP contribution in [0, 0.1) is 12.8 Å². The number of hydrogen-bond donors (Lipinski definition) is 1. The number of nitrogens with zero attached hydrogens (tertiary/aromatic N) is 2. The molecule has 1 aromatic heterocycles. The number of carboxylic acids is 1. The molecule has 0 saturated carbocycles.